The van der Waals surface area contributed by atoms with E-state index in [2.05, 4.69) is 30.3 Å². The first-order chi connectivity index (χ1) is 9.61. The van der Waals surface area contributed by atoms with Gasteiger partial charge in [0.15, 0.2) is 0 Å². The topological polar surface area (TPSA) is 109 Å². The number of nitrogens with zero attached hydrogens (tertiary/aromatic N) is 3. The van der Waals surface area contributed by atoms with Gasteiger partial charge in [0.05, 0.1) is 6.26 Å². The van der Waals surface area contributed by atoms with Gasteiger partial charge in [0.2, 0.25) is 27.2 Å². The molecule has 0 aliphatic heterocycles. The van der Waals surface area contributed by atoms with Crippen molar-refractivity contribution >= 4 is 33.5 Å². The minimum absolute atomic E-state index is 0.0694. The molecule has 0 saturated carbocycles. The molecule has 0 spiro atoms. The summed E-state index contributed by atoms with van der Waals surface area (Å²) in [7, 11) is -3.30. The fourth-order valence-corrected chi connectivity index (χ4v) is 2.82. The Hall–Kier alpha value is -1.19. The lowest BCUT2D eigenvalue weighted by molar-refractivity contribution is 0.475. The number of halogens is 1. The van der Waals surface area contributed by atoms with Crippen molar-refractivity contribution in [2.45, 2.75) is 32.7 Å². The van der Waals surface area contributed by atoms with E-state index in [1.54, 1.807) is 13.8 Å². The Morgan fingerprint density at radius 2 is 1.71 bits per heavy atom. The Bertz CT molecular complexity index is 578. The molecular formula is C11H21ClN6O2S. The van der Waals surface area contributed by atoms with Crippen molar-refractivity contribution in [2.75, 3.05) is 30.0 Å². The molecule has 1 rings (SSSR count). The molecule has 8 nitrogen and oxygen atoms in total. The van der Waals surface area contributed by atoms with E-state index < -0.39 is 15.6 Å². The smallest absolute Gasteiger partial charge is 0.228 e. The summed E-state index contributed by atoms with van der Waals surface area (Å²) < 4.78 is 25.1. The second kappa shape index (κ2) is 7.19. The fraction of sp³-hybridized carbons (Fsp3) is 0.727. The predicted octanol–water partition coefficient (Wildman–Crippen LogP) is 1.09. The lowest BCUT2D eigenvalue weighted by Crippen LogP contribution is -2.48. The average molecular weight is 337 g/mol. The molecule has 0 aliphatic rings. The van der Waals surface area contributed by atoms with Crippen LogP contribution in [0.2, 0.25) is 5.28 Å². The van der Waals surface area contributed by atoms with Crippen LogP contribution >= 0.6 is 11.6 Å². The summed E-state index contributed by atoms with van der Waals surface area (Å²) in [4.78, 5) is 12.1. The fourth-order valence-electron chi connectivity index (χ4n) is 1.58. The van der Waals surface area contributed by atoms with Crippen LogP contribution in [-0.2, 0) is 10.0 Å². The van der Waals surface area contributed by atoms with E-state index in [1.807, 2.05) is 6.92 Å². The van der Waals surface area contributed by atoms with Crippen LogP contribution in [0.15, 0.2) is 0 Å². The largest absolute Gasteiger partial charge is 0.354 e. The summed E-state index contributed by atoms with van der Waals surface area (Å²) in [6.07, 6.45) is 2.04. The maximum atomic E-state index is 11.3. The van der Waals surface area contributed by atoms with Gasteiger partial charge in [-0.3, -0.25) is 0 Å². The van der Waals surface area contributed by atoms with Crippen molar-refractivity contribution in [1.29, 1.82) is 0 Å². The minimum Gasteiger partial charge on any atom is -0.354 e. The SMILES string of the molecule is CCCNc1nc(Cl)nc(NCC(C)(C)NS(C)(=O)=O)n1. The summed E-state index contributed by atoms with van der Waals surface area (Å²) in [5.41, 5.74) is -0.691. The number of nitrogens with one attached hydrogen (secondary N) is 3. The molecule has 1 aromatic heterocycles. The second-order valence-corrected chi connectivity index (χ2v) is 7.38. The summed E-state index contributed by atoms with van der Waals surface area (Å²) in [6, 6.07) is 0. The third-order valence-corrected chi connectivity index (χ3v) is 3.38. The zero-order chi connectivity index (χ0) is 16.1. The van der Waals surface area contributed by atoms with E-state index in [-0.39, 0.29) is 11.2 Å². The highest BCUT2D eigenvalue weighted by molar-refractivity contribution is 7.88. The molecule has 120 valence electrons. The molecule has 10 heteroatoms. The molecule has 0 aliphatic carbocycles. The van der Waals surface area contributed by atoms with Gasteiger partial charge in [0.1, 0.15) is 0 Å². The van der Waals surface area contributed by atoms with Gasteiger partial charge in [-0.05, 0) is 31.9 Å². The van der Waals surface area contributed by atoms with Crippen LogP contribution in [0.5, 0.6) is 0 Å². The van der Waals surface area contributed by atoms with Crippen molar-refractivity contribution in [3.05, 3.63) is 5.28 Å². The van der Waals surface area contributed by atoms with Gasteiger partial charge in [-0.15, -0.1) is 0 Å². The van der Waals surface area contributed by atoms with E-state index in [1.165, 1.54) is 0 Å². The lowest BCUT2D eigenvalue weighted by atomic mass is 10.1. The Morgan fingerprint density at radius 3 is 2.24 bits per heavy atom. The van der Waals surface area contributed by atoms with Gasteiger partial charge in [-0.2, -0.15) is 15.0 Å². The van der Waals surface area contributed by atoms with Crippen molar-refractivity contribution in [1.82, 2.24) is 19.7 Å². The second-order valence-electron chi connectivity index (χ2n) is 5.29. The first kappa shape index (κ1) is 17.9. The van der Waals surface area contributed by atoms with Crippen molar-refractivity contribution < 1.29 is 8.42 Å². The van der Waals surface area contributed by atoms with Crippen molar-refractivity contribution in [2.24, 2.45) is 0 Å². The molecule has 0 saturated heterocycles. The number of rotatable bonds is 8. The summed E-state index contributed by atoms with van der Waals surface area (Å²) in [5.74, 6) is 0.671. The van der Waals surface area contributed by atoms with E-state index in [9.17, 15) is 8.42 Å². The van der Waals surface area contributed by atoms with Crippen LogP contribution < -0.4 is 15.4 Å². The molecule has 0 bridgehead atoms. The Labute approximate surface area is 130 Å². The number of hydrogen-bond donors (Lipinski definition) is 3. The van der Waals surface area contributed by atoms with Crippen LogP contribution in [0.3, 0.4) is 0 Å². The van der Waals surface area contributed by atoms with Crippen LogP contribution in [0.1, 0.15) is 27.2 Å². The quantitative estimate of drug-likeness (QED) is 0.651. The lowest BCUT2D eigenvalue weighted by Gasteiger charge is -2.25. The molecule has 0 fully saturated rings. The van der Waals surface area contributed by atoms with E-state index in [0.717, 1.165) is 19.2 Å². The van der Waals surface area contributed by atoms with E-state index >= 15 is 0 Å². The Morgan fingerprint density at radius 1 is 1.14 bits per heavy atom. The molecule has 0 radical (unpaired) electrons. The van der Waals surface area contributed by atoms with Gasteiger partial charge in [0, 0.05) is 18.6 Å². The van der Waals surface area contributed by atoms with Gasteiger partial charge in [0.25, 0.3) is 0 Å². The molecule has 0 amide bonds. The van der Waals surface area contributed by atoms with Crippen LogP contribution in [0.4, 0.5) is 11.9 Å². The minimum atomic E-state index is -3.30. The van der Waals surface area contributed by atoms with Crippen molar-refractivity contribution in [3.8, 4) is 0 Å². The number of hydrogen-bond acceptors (Lipinski definition) is 7. The molecule has 1 aromatic rings. The zero-order valence-electron chi connectivity index (χ0n) is 12.6. The van der Waals surface area contributed by atoms with Crippen molar-refractivity contribution in [3.63, 3.8) is 0 Å². The van der Waals surface area contributed by atoms with Crippen LogP contribution in [0.25, 0.3) is 0 Å². The molecule has 0 unspecified atom stereocenters. The van der Waals surface area contributed by atoms with Crippen LogP contribution in [0, 0.1) is 0 Å². The summed E-state index contributed by atoms with van der Waals surface area (Å²) in [5, 5.41) is 6.03. The maximum Gasteiger partial charge on any atom is 0.228 e. The van der Waals surface area contributed by atoms with Gasteiger partial charge >= 0.3 is 0 Å². The molecule has 0 aromatic carbocycles. The first-order valence-electron chi connectivity index (χ1n) is 6.49. The maximum absolute atomic E-state index is 11.3. The normalized spacial score (nSPS) is 12.2. The van der Waals surface area contributed by atoms with E-state index in [4.69, 9.17) is 11.6 Å². The summed E-state index contributed by atoms with van der Waals surface area (Å²) >= 11 is 5.83. The zero-order valence-corrected chi connectivity index (χ0v) is 14.1. The van der Waals surface area contributed by atoms with Crippen LogP contribution in [-0.4, -0.2) is 48.3 Å². The standard InChI is InChI=1S/C11H21ClN6O2S/c1-5-6-13-9-15-8(12)16-10(17-9)14-7-11(2,3)18-21(4,19)20/h18H,5-7H2,1-4H3,(H2,13,14,15,16,17). The van der Waals surface area contributed by atoms with E-state index in [0.29, 0.717) is 12.5 Å². The summed E-state index contributed by atoms with van der Waals surface area (Å²) in [6.45, 7) is 6.54. The average Bonchev–Trinajstić information content (AvgIpc) is 2.30. The van der Waals surface area contributed by atoms with Gasteiger partial charge in [-0.1, -0.05) is 6.92 Å². The highest BCUT2D eigenvalue weighted by atomic mass is 35.5. The monoisotopic (exact) mass is 336 g/mol. The molecule has 3 N–H and O–H groups in total. The third-order valence-electron chi connectivity index (χ3n) is 2.29. The molecule has 1 heterocycles. The van der Waals surface area contributed by atoms with Gasteiger partial charge in [-0.25, -0.2) is 13.1 Å². The Balaban J connectivity index is 2.72. The van der Waals surface area contributed by atoms with Gasteiger partial charge < -0.3 is 10.6 Å². The molecular weight excluding hydrogens is 316 g/mol. The molecule has 0 atom stereocenters. The first-order valence-corrected chi connectivity index (χ1v) is 8.76. The predicted molar refractivity (Wildman–Crippen MR) is 84.2 cm³/mol. The number of anilines is 2. The highest BCUT2D eigenvalue weighted by Gasteiger charge is 2.22. The number of aromatic nitrogens is 3. The highest BCUT2D eigenvalue weighted by Crippen LogP contribution is 2.11. The Kier molecular flexibility index (Phi) is 6.11. The number of sulfonamides is 1. The third kappa shape index (κ3) is 7.39. The molecule has 21 heavy (non-hydrogen) atoms.